The summed E-state index contributed by atoms with van der Waals surface area (Å²) in [5, 5.41) is 3.79. The van der Waals surface area contributed by atoms with Gasteiger partial charge in [-0.25, -0.2) is 0 Å². The fraction of sp³-hybridized carbons (Fsp3) is 0.688. The quantitative estimate of drug-likeness (QED) is 0.904. The van der Waals surface area contributed by atoms with Crippen molar-refractivity contribution in [2.45, 2.75) is 51.2 Å². The van der Waals surface area contributed by atoms with Crippen molar-refractivity contribution >= 4 is 0 Å². The zero-order valence-corrected chi connectivity index (χ0v) is 12.3. The third kappa shape index (κ3) is 2.54. The van der Waals surface area contributed by atoms with Gasteiger partial charge in [0.25, 0.3) is 0 Å². The minimum Gasteiger partial charge on any atom is -0.308 e. The highest BCUT2D eigenvalue weighted by Gasteiger charge is 2.46. The standard InChI is InChI=1S/C16H25N3/c1-12-9-18-16(3,15-6-7-15)11-19(12)13(2)14-5-4-8-17-10-14/h4-5,8,10,12-13,15,18H,6-7,9,11H2,1-3H3. The van der Waals surface area contributed by atoms with Crippen molar-refractivity contribution in [2.24, 2.45) is 5.92 Å². The highest BCUT2D eigenvalue weighted by atomic mass is 15.3. The Hall–Kier alpha value is -0.930. The van der Waals surface area contributed by atoms with Crippen LogP contribution in [0.25, 0.3) is 0 Å². The average molecular weight is 259 g/mol. The lowest BCUT2D eigenvalue weighted by molar-refractivity contribution is 0.0515. The SMILES string of the molecule is CC1CNC(C)(C2CC2)CN1C(C)c1cccnc1. The molecule has 1 aliphatic heterocycles. The summed E-state index contributed by atoms with van der Waals surface area (Å²) in [6.07, 6.45) is 6.65. The molecule has 3 heteroatoms. The van der Waals surface area contributed by atoms with E-state index in [0.29, 0.717) is 17.6 Å². The second kappa shape index (κ2) is 4.88. The summed E-state index contributed by atoms with van der Waals surface area (Å²) < 4.78 is 0. The van der Waals surface area contributed by atoms with E-state index in [9.17, 15) is 0 Å². The third-order valence-corrected chi connectivity index (χ3v) is 5.02. The molecule has 0 spiro atoms. The molecule has 1 aliphatic carbocycles. The Morgan fingerprint density at radius 3 is 2.89 bits per heavy atom. The predicted octanol–water partition coefficient (Wildman–Crippen LogP) is 2.61. The van der Waals surface area contributed by atoms with Gasteiger partial charge in [-0.05, 0) is 51.2 Å². The van der Waals surface area contributed by atoms with E-state index >= 15 is 0 Å². The summed E-state index contributed by atoms with van der Waals surface area (Å²) in [5.74, 6) is 0.878. The minimum atomic E-state index is 0.309. The lowest BCUT2D eigenvalue weighted by atomic mass is 9.89. The molecule has 1 N–H and O–H groups in total. The number of aromatic nitrogens is 1. The van der Waals surface area contributed by atoms with E-state index in [-0.39, 0.29) is 0 Å². The number of piperazine rings is 1. The van der Waals surface area contributed by atoms with Gasteiger partial charge in [-0.15, -0.1) is 0 Å². The van der Waals surface area contributed by atoms with E-state index in [2.05, 4.69) is 42.0 Å². The van der Waals surface area contributed by atoms with Gasteiger partial charge < -0.3 is 5.32 Å². The van der Waals surface area contributed by atoms with E-state index in [4.69, 9.17) is 0 Å². The number of pyridine rings is 1. The van der Waals surface area contributed by atoms with Crippen molar-refractivity contribution in [3.8, 4) is 0 Å². The number of hydrogen-bond acceptors (Lipinski definition) is 3. The Morgan fingerprint density at radius 1 is 1.47 bits per heavy atom. The molecule has 3 nitrogen and oxygen atoms in total. The number of rotatable bonds is 3. The van der Waals surface area contributed by atoms with Crippen LogP contribution in [0.1, 0.15) is 45.2 Å². The highest BCUT2D eigenvalue weighted by Crippen LogP contribution is 2.42. The Kier molecular flexibility index (Phi) is 3.35. The number of hydrogen-bond donors (Lipinski definition) is 1. The van der Waals surface area contributed by atoms with Crippen LogP contribution < -0.4 is 5.32 Å². The lowest BCUT2D eigenvalue weighted by Crippen LogP contribution is -2.63. The minimum absolute atomic E-state index is 0.309. The lowest BCUT2D eigenvalue weighted by Gasteiger charge is -2.48. The summed E-state index contributed by atoms with van der Waals surface area (Å²) in [7, 11) is 0. The molecule has 3 rings (SSSR count). The topological polar surface area (TPSA) is 28.2 Å². The molecule has 2 heterocycles. The first-order chi connectivity index (χ1) is 9.10. The van der Waals surface area contributed by atoms with Gasteiger partial charge in [0.05, 0.1) is 0 Å². The predicted molar refractivity (Wildman–Crippen MR) is 78.0 cm³/mol. The fourth-order valence-electron chi connectivity index (χ4n) is 3.42. The van der Waals surface area contributed by atoms with Gasteiger partial charge in [0.1, 0.15) is 0 Å². The molecule has 0 radical (unpaired) electrons. The second-order valence-corrected chi connectivity index (χ2v) is 6.56. The molecule has 1 aromatic heterocycles. The first-order valence-corrected chi connectivity index (χ1v) is 7.51. The molecule has 3 unspecified atom stereocenters. The van der Waals surface area contributed by atoms with Crippen LogP contribution in [0.15, 0.2) is 24.5 Å². The van der Waals surface area contributed by atoms with Crippen LogP contribution in [-0.4, -0.2) is 34.6 Å². The fourth-order valence-corrected chi connectivity index (χ4v) is 3.42. The van der Waals surface area contributed by atoms with Crippen LogP contribution in [0, 0.1) is 5.92 Å². The van der Waals surface area contributed by atoms with E-state index in [1.54, 1.807) is 0 Å². The molecule has 1 aromatic rings. The molecule has 0 aromatic carbocycles. The van der Waals surface area contributed by atoms with Crippen molar-refractivity contribution in [2.75, 3.05) is 13.1 Å². The normalized spacial score (nSPS) is 34.2. The Balaban J connectivity index is 1.78. The molecule has 3 atom stereocenters. The van der Waals surface area contributed by atoms with Gasteiger partial charge in [-0.1, -0.05) is 6.07 Å². The molecular formula is C16H25N3. The molecule has 104 valence electrons. The molecule has 2 fully saturated rings. The Bertz CT molecular complexity index is 429. The van der Waals surface area contributed by atoms with Gasteiger partial charge in [-0.2, -0.15) is 0 Å². The molecule has 19 heavy (non-hydrogen) atoms. The monoisotopic (exact) mass is 259 g/mol. The summed E-state index contributed by atoms with van der Waals surface area (Å²) in [6.45, 7) is 9.28. The maximum absolute atomic E-state index is 4.27. The van der Waals surface area contributed by atoms with Crippen LogP contribution >= 0.6 is 0 Å². The number of nitrogens with zero attached hydrogens (tertiary/aromatic N) is 2. The van der Waals surface area contributed by atoms with Crippen molar-refractivity contribution in [1.29, 1.82) is 0 Å². The average Bonchev–Trinajstić information content (AvgIpc) is 3.27. The van der Waals surface area contributed by atoms with Crippen molar-refractivity contribution in [3.05, 3.63) is 30.1 Å². The molecule has 0 bridgehead atoms. The van der Waals surface area contributed by atoms with Crippen LogP contribution in [0.5, 0.6) is 0 Å². The first-order valence-electron chi connectivity index (χ1n) is 7.51. The van der Waals surface area contributed by atoms with Gasteiger partial charge in [0.15, 0.2) is 0 Å². The van der Waals surface area contributed by atoms with Crippen molar-refractivity contribution in [3.63, 3.8) is 0 Å². The maximum atomic E-state index is 4.27. The molecule has 1 saturated carbocycles. The first kappa shape index (κ1) is 13.1. The molecule has 0 amide bonds. The summed E-state index contributed by atoms with van der Waals surface area (Å²) >= 11 is 0. The van der Waals surface area contributed by atoms with E-state index in [0.717, 1.165) is 19.0 Å². The zero-order chi connectivity index (χ0) is 13.5. The molecular weight excluding hydrogens is 234 g/mol. The highest BCUT2D eigenvalue weighted by molar-refractivity contribution is 5.15. The maximum Gasteiger partial charge on any atom is 0.0339 e. The molecule has 2 aliphatic rings. The van der Waals surface area contributed by atoms with Crippen LogP contribution in [-0.2, 0) is 0 Å². The van der Waals surface area contributed by atoms with Gasteiger partial charge in [0.2, 0.25) is 0 Å². The summed E-state index contributed by atoms with van der Waals surface area (Å²) in [6, 6.07) is 5.27. The second-order valence-electron chi connectivity index (χ2n) is 6.56. The largest absolute Gasteiger partial charge is 0.308 e. The van der Waals surface area contributed by atoms with E-state index in [1.165, 1.54) is 18.4 Å². The Labute approximate surface area is 116 Å². The van der Waals surface area contributed by atoms with Gasteiger partial charge in [-0.3, -0.25) is 9.88 Å². The third-order valence-electron chi connectivity index (χ3n) is 5.02. The summed E-state index contributed by atoms with van der Waals surface area (Å²) in [4.78, 5) is 6.91. The van der Waals surface area contributed by atoms with Crippen molar-refractivity contribution in [1.82, 2.24) is 15.2 Å². The van der Waals surface area contributed by atoms with Crippen LogP contribution in [0.4, 0.5) is 0 Å². The van der Waals surface area contributed by atoms with E-state index in [1.807, 2.05) is 18.5 Å². The van der Waals surface area contributed by atoms with Crippen LogP contribution in [0.2, 0.25) is 0 Å². The smallest absolute Gasteiger partial charge is 0.0339 e. The van der Waals surface area contributed by atoms with E-state index < -0.39 is 0 Å². The molecule has 1 saturated heterocycles. The van der Waals surface area contributed by atoms with Crippen molar-refractivity contribution < 1.29 is 0 Å². The van der Waals surface area contributed by atoms with Gasteiger partial charge >= 0.3 is 0 Å². The number of nitrogens with one attached hydrogen (secondary N) is 1. The van der Waals surface area contributed by atoms with Crippen LogP contribution in [0.3, 0.4) is 0 Å². The zero-order valence-electron chi connectivity index (χ0n) is 12.3. The summed E-state index contributed by atoms with van der Waals surface area (Å²) in [5.41, 5.74) is 1.64. The Morgan fingerprint density at radius 2 is 2.26 bits per heavy atom. The van der Waals surface area contributed by atoms with Gasteiger partial charge in [0, 0.05) is 43.1 Å².